The largest absolute Gasteiger partial charge is 0.573 e. The molecule has 0 atom stereocenters. The van der Waals surface area contributed by atoms with Crippen molar-refractivity contribution in [3.63, 3.8) is 0 Å². The second-order valence-electron chi connectivity index (χ2n) is 2.27. The predicted molar refractivity (Wildman–Crippen MR) is 48.3 cm³/mol. The first-order valence-electron chi connectivity index (χ1n) is 3.35. The van der Waals surface area contributed by atoms with E-state index in [1.807, 2.05) is 0 Å². The number of pyridine rings is 1. The fourth-order valence-electron chi connectivity index (χ4n) is 0.724. The Morgan fingerprint density at radius 2 is 2.13 bits per heavy atom. The Kier molecular flexibility index (Phi) is 3.42. The summed E-state index contributed by atoms with van der Waals surface area (Å²) < 4.78 is 38.9. The summed E-state index contributed by atoms with van der Waals surface area (Å²) in [6, 6.07) is 2.48. The number of nitrogens with zero attached hydrogens (tertiary/aromatic N) is 2. The van der Waals surface area contributed by atoms with Gasteiger partial charge >= 0.3 is 6.36 Å². The van der Waals surface area contributed by atoms with Gasteiger partial charge < -0.3 is 4.74 Å². The van der Waals surface area contributed by atoms with Gasteiger partial charge in [-0.3, -0.25) is 0 Å². The minimum atomic E-state index is -4.83. The third kappa shape index (κ3) is 3.25. The van der Waals surface area contributed by atoms with E-state index >= 15 is 0 Å². The lowest BCUT2D eigenvalue weighted by Crippen LogP contribution is -2.17. The molecule has 0 aliphatic rings. The molecule has 0 aromatic carbocycles. The van der Waals surface area contributed by atoms with Crippen LogP contribution < -0.4 is 4.74 Å². The molecular weight excluding hydrogens is 300 g/mol. The van der Waals surface area contributed by atoms with Crippen LogP contribution in [-0.2, 0) is 0 Å². The zero-order valence-corrected chi connectivity index (χ0v) is 9.11. The normalized spacial score (nSPS) is 10.9. The number of halogens is 5. The molecule has 1 heterocycles. The van der Waals surface area contributed by atoms with E-state index < -0.39 is 12.1 Å². The molecule has 1 aromatic heterocycles. The third-order valence-electron chi connectivity index (χ3n) is 1.23. The van der Waals surface area contributed by atoms with Crippen molar-refractivity contribution in [3.05, 3.63) is 21.4 Å². The topological polar surface area (TPSA) is 45.9 Å². The van der Waals surface area contributed by atoms with Crippen LogP contribution in [0.25, 0.3) is 0 Å². The van der Waals surface area contributed by atoms with Crippen molar-refractivity contribution < 1.29 is 17.9 Å². The van der Waals surface area contributed by atoms with E-state index in [-0.39, 0.29) is 15.3 Å². The maximum Gasteiger partial charge on any atom is 0.573 e. The molecule has 1 aromatic rings. The Balaban J connectivity index is 3.13. The molecule has 0 aliphatic carbocycles. The van der Waals surface area contributed by atoms with Gasteiger partial charge in [-0.05, 0) is 15.9 Å². The van der Waals surface area contributed by atoms with Gasteiger partial charge in [0.1, 0.15) is 10.7 Å². The Morgan fingerprint density at radius 1 is 1.53 bits per heavy atom. The zero-order valence-electron chi connectivity index (χ0n) is 6.77. The van der Waals surface area contributed by atoms with E-state index in [1.54, 1.807) is 6.07 Å². The lowest BCUT2D eigenvalue weighted by Gasteiger charge is -2.10. The summed E-state index contributed by atoms with van der Waals surface area (Å²) in [5, 5.41) is 8.28. The van der Waals surface area contributed by atoms with Gasteiger partial charge in [0, 0.05) is 6.07 Å². The number of ether oxygens (including phenoxy) is 1. The van der Waals surface area contributed by atoms with Crippen LogP contribution >= 0.6 is 27.5 Å². The van der Waals surface area contributed by atoms with Gasteiger partial charge in [0.2, 0.25) is 0 Å². The Hall–Kier alpha value is -1.00. The number of alkyl halides is 3. The van der Waals surface area contributed by atoms with Crippen molar-refractivity contribution in [2.24, 2.45) is 0 Å². The van der Waals surface area contributed by atoms with Crippen LogP contribution in [0.1, 0.15) is 5.69 Å². The summed E-state index contributed by atoms with van der Waals surface area (Å²) in [5.74, 6) is -0.591. The first-order valence-corrected chi connectivity index (χ1v) is 4.52. The van der Waals surface area contributed by atoms with E-state index in [4.69, 9.17) is 16.9 Å². The van der Waals surface area contributed by atoms with Gasteiger partial charge in [-0.15, -0.1) is 13.2 Å². The minimum Gasteiger partial charge on any atom is -0.403 e. The van der Waals surface area contributed by atoms with Gasteiger partial charge in [0.15, 0.2) is 11.4 Å². The van der Waals surface area contributed by atoms with E-state index in [9.17, 15) is 13.2 Å². The smallest absolute Gasteiger partial charge is 0.403 e. The fourth-order valence-corrected chi connectivity index (χ4v) is 1.28. The van der Waals surface area contributed by atoms with E-state index in [1.165, 1.54) is 0 Å². The van der Waals surface area contributed by atoms with Crippen molar-refractivity contribution in [2.75, 3.05) is 0 Å². The standard InChI is InChI=1S/C7HBrClF3N2O/c8-6-5(15-7(10,11)12)1-3(9)4(2-13)14-6/h1H. The Morgan fingerprint density at radius 3 is 2.60 bits per heavy atom. The van der Waals surface area contributed by atoms with Crippen LogP contribution in [-0.4, -0.2) is 11.3 Å². The van der Waals surface area contributed by atoms with Crippen LogP contribution in [0.5, 0.6) is 5.75 Å². The molecule has 0 aliphatic heterocycles. The quantitative estimate of drug-likeness (QED) is 0.748. The van der Waals surface area contributed by atoms with Crippen molar-refractivity contribution in [1.82, 2.24) is 4.98 Å². The van der Waals surface area contributed by atoms with E-state index in [0.29, 0.717) is 0 Å². The van der Waals surface area contributed by atoms with Crippen LogP contribution in [0.4, 0.5) is 13.2 Å². The molecule has 80 valence electrons. The molecule has 15 heavy (non-hydrogen) atoms. The Bertz CT molecular complexity index is 429. The van der Waals surface area contributed by atoms with Gasteiger partial charge in [-0.1, -0.05) is 11.6 Å². The lowest BCUT2D eigenvalue weighted by atomic mass is 10.3. The Labute approximate surface area is 95.6 Å². The molecule has 0 fully saturated rings. The molecule has 3 nitrogen and oxygen atoms in total. The third-order valence-corrected chi connectivity index (χ3v) is 2.09. The molecule has 8 heteroatoms. The molecule has 0 unspecified atom stereocenters. The van der Waals surface area contributed by atoms with Crippen molar-refractivity contribution in [1.29, 1.82) is 5.26 Å². The number of nitriles is 1. The molecule has 0 N–H and O–H groups in total. The summed E-state index contributed by atoms with van der Waals surface area (Å²) in [7, 11) is 0. The summed E-state index contributed by atoms with van der Waals surface area (Å²) in [4.78, 5) is 3.47. The monoisotopic (exact) mass is 300 g/mol. The summed E-state index contributed by atoms with van der Waals surface area (Å²) in [6.45, 7) is 0. The lowest BCUT2D eigenvalue weighted by molar-refractivity contribution is -0.275. The molecule has 0 spiro atoms. The summed E-state index contributed by atoms with van der Waals surface area (Å²) in [5.41, 5.74) is -0.182. The van der Waals surface area contributed by atoms with Gasteiger partial charge in [0.25, 0.3) is 0 Å². The highest BCUT2D eigenvalue weighted by atomic mass is 79.9. The highest BCUT2D eigenvalue weighted by Crippen LogP contribution is 2.32. The zero-order chi connectivity index (χ0) is 11.6. The number of rotatable bonds is 1. The first-order chi connectivity index (χ1) is 6.83. The van der Waals surface area contributed by atoms with Crippen molar-refractivity contribution in [2.45, 2.75) is 6.36 Å². The molecular formula is C7HBrClF3N2O. The van der Waals surface area contributed by atoms with Gasteiger partial charge in [-0.25, -0.2) is 4.98 Å². The summed E-state index contributed by atoms with van der Waals surface area (Å²) >= 11 is 8.21. The molecule has 0 saturated heterocycles. The molecule has 0 radical (unpaired) electrons. The second kappa shape index (κ2) is 4.24. The molecule has 0 saturated carbocycles. The van der Waals surface area contributed by atoms with E-state index in [0.717, 1.165) is 6.07 Å². The van der Waals surface area contributed by atoms with Crippen LogP contribution in [0.3, 0.4) is 0 Å². The maximum atomic E-state index is 11.9. The molecule has 0 bridgehead atoms. The highest BCUT2D eigenvalue weighted by molar-refractivity contribution is 9.10. The average Bonchev–Trinajstić information content (AvgIpc) is 2.08. The van der Waals surface area contributed by atoms with Gasteiger partial charge in [0.05, 0.1) is 5.02 Å². The molecule has 0 amide bonds. The second-order valence-corrected chi connectivity index (χ2v) is 3.43. The number of hydrogen-bond donors (Lipinski definition) is 0. The van der Waals surface area contributed by atoms with Crippen molar-refractivity contribution in [3.8, 4) is 11.8 Å². The van der Waals surface area contributed by atoms with Crippen LogP contribution in [0, 0.1) is 11.3 Å². The first kappa shape index (κ1) is 12.1. The SMILES string of the molecule is N#Cc1nc(Br)c(OC(F)(F)F)cc1Cl. The van der Waals surface area contributed by atoms with Gasteiger partial charge in [-0.2, -0.15) is 5.26 Å². The molecule has 1 rings (SSSR count). The van der Waals surface area contributed by atoms with Crippen LogP contribution in [0.2, 0.25) is 5.02 Å². The maximum absolute atomic E-state index is 11.9. The number of hydrogen-bond acceptors (Lipinski definition) is 3. The fraction of sp³-hybridized carbons (Fsp3) is 0.143. The number of aromatic nitrogens is 1. The average molecular weight is 301 g/mol. The van der Waals surface area contributed by atoms with E-state index in [2.05, 4.69) is 25.7 Å². The summed E-state index contributed by atoms with van der Waals surface area (Å²) in [6.07, 6.45) is -4.83. The predicted octanol–water partition coefficient (Wildman–Crippen LogP) is 3.27. The minimum absolute atomic E-state index is 0.182. The van der Waals surface area contributed by atoms with Crippen LogP contribution in [0.15, 0.2) is 10.7 Å². The van der Waals surface area contributed by atoms with Crippen molar-refractivity contribution >= 4 is 27.5 Å². The highest BCUT2D eigenvalue weighted by Gasteiger charge is 2.32.